The van der Waals surface area contributed by atoms with E-state index in [-0.39, 0.29) is 17.7 Å². The van der Waals surface area contributed by atoms with Gasteiger partial charge in [-0.05, 0) is 25.0 Å². The van der Waals surface area contributed by atoms with Crippen LogP contribution in [-0.2, 0) is 20.6 Å². The Morgan fingerprint density at radius 3 is 2.04 bits per heavy atom. The SMILES string of the molecule is CC(C)NC(=O)[C@@H](NS(=O)(=O)Cc1ccccc1)c1ccccc1. The third-order valence-electron chi connectivity index (χ3n) is 3.32. The lowest BCUT2D eigenvalue weighted by molar-refractivity contribution is -0.123. The first-order valence-electron chi connectivity index (χ1n) is 7.76. The normalized spacial score (nSPS) is 12.8. The highest BCUT2D eigenvalue weighted by Crippen LogP contribution is 2.16. The van der Waals surface area contributed by atoms with Crippen LogP contribution in [0.25, 0.3) is 0 Å². The van der Waals surface area contributed by atoms with Crippen molar-refractivity contribution in [3.05, 3.63) is 71.8 Å². The molecule has 2 aromatic rings. The fourth-order valence-electron chi connectivity index (χ4n) is 2.30. The molecule has 0 aliphatic rings. The van der Waals surface area contributed by atoms with Gasteiger partial charge in [0.15, 0.2) is 0 Å². The zero-order valence-corrected chi connectivity index (χ0v) is 14.6. The third kappa shape index (κ3) is 5.47. The fourth-order valence-corrected chi connectivity index (χ4v) is 3.62. The van der Waals surface area contributed by atoms with Crippen molar-refractivity contribution in [2.45, 2.75) is 31.7 Å². The average molecular weight is 346 g/mol. The van der Waals surface area contributed by atoms with Gasteiger partial charge >= 0.3 is 0 Å². The van der Waals surface area contributed by atoms with E-state index < -0.39 is 16.1 Å². The van der Waals surface area contributed by atoms with E-state index in [0.29, 0.717) is 11.1 Å². The summed E-state index contributed by atoms with van der Waals surface area (Å²) in [5, 5.41) is 2.76. The van der Waals surface area contributed by atoms with Crippen molar-refractivity contribution in [1.29, 1.82) is 0 Å². The number of sulfonamides is 1. The number of rotatable bonds is 7. The van der Waals surface area contributed by atoms with Crippen LogP contribution in [0.5, 0.6) is 0 Å². The molecule has 0 bridgehead atoms. The zero-order chi connectivity index (χ0) is 17.6. The molecule has 0 radical (unpaired) electrons. The van der Waals surface area contributed by atoms with Gasteiger partial charge in [-0.2, -0.15) is 4.72 Å². The van der Waals surface area contributed by atoms with E-state index in [1.54, 1.807) is 48.5 Å². The number of hydrogen-bond donors (Lipinski definition) is 2. The molecule has 24 heavy (non-hydrogen) atoms. The van der Waals surface area contributed by atoms with E-state index in [2.05, 4.69) is 10.0 Å². The molecule has 0 aliphatic carbocycles. The molecule has 6 heteroatoms. The maximum atomic E-state index is 12.5. The molecule has 2 rings (SSSR count). The Labute approximate surface area is 143 Å². The number of nitrogens with one attached hydrogen (secondary N) is 2. The Morgan fingerprint density at radius 2 is 1.50 bits per heavy atom. The van der Waals surface area contributed by atoms with Crippen molar-refractivity contribution in [1.82, 2.24) is 10.0 Å². The van der Waals surface area contributed by atoms with E-state index in [0.717, 1.165) is 0 Å². The molecule has 0 unspecified atom stereocenters. The second kappa shape index (κ2) is 8.08. The van der Waals surface area contributed by atoms with Crippen LogP contribution in [0.1, 0.15) is 31.0 Å². The van der Waals surface area contributed by atoms with Gasteiger partial charge in [0.2, 0.25) is 15.9 Å². The quantitative estimate of drug-likeness (QED) is 0.808. The molecule has 2 aromatic carbocycles. The Kier molecular flexibility index (Phi) is 6.11. The average Bonchev–Trinajstić information content (AvgIpc) is 2.53. The number of hydrogen-bond acceptors (Lipinski definition) is 3. The highest BCUT2D eigenvalue weighted by atomic mass is 32.2. The Balaban J connectivity index is 2.22. The van der Waals surface area contributed by atoms with Gasteiger partial charge in [0.25, 0.3) is 0 Å². The Morgan fingerprint density at radius 1 is 0.958 bits per heavy atom. The summed E-state index contributed by atoms with van der Waals surface area (Å²) in [7, 11) is -3.67. The van der Waals surface area contributed by atoms with Crippen molar-refractivity contribution < 1.29 is 13.2 Å². The number of carbonyl (C=O) groups excluding carboxylic acids is 1. The van der Waals surface area contributed by atoms with Gasteiger partial charge < -0.3 is 5.32 Å². The van der Waals surface area contributed by atoms with Gasteiger partial charge in [-0.1, -0.05) is 60.7 Å². The van der Waals surface area contributed by atoms with Crippen molar-refractivity contribution in [2.75, 3.05) is 0 Å². The topological polar surface area (TPSA) is 75.3 Å². The van der Waals surface area contributed by atoms with Crippen LogP contribution in [0.15, 0.2) is 60.7 Å². The number of benzene rings is 2. The molecule has 5 nitrogen and oxygen atoms in total. The minimum Gasteiger partial charge on any atom is -0.352 e. The van der Waals surface area contributed by atoms with Crippen LogP contribution in [0, 0.1) is 0 Å². The molecular formula is C18H22N2O3S. The van der Waals surface area contributed by atoms with Gasteiger partial charge in [-0.3, -0.25) is 4.79 Å². The minimum absolute atomic E-state index is 0.0812. The summed E-state index contributed by atoms with van der Waals surface area (Å²) in [6.07, 6.45) is 0. The molecule has 2 N–H and O–H groups in total. The van der Waals surface area contributed by atoms with Crippen molar-refractivity contribution in [2.24, 2.45) is 0 Å². The molecule has 1 amide bonds. The van der Waals surface area contributed by atoms with Gasteiger partial charge in [0.05, 0.1) is 5.75 Å². The molecule has 0 saturated heterocycles. The Hall–Kier alpha value is -2.18. The van der Waals surface area contributed by atoms with E-state index in [1.807, 2.05) is 26.0 Å². The lowest BCUT2D eigenvalue weighted by Crippen LogP contribution is -2.43. The predicted octanol–water partition coefficient (Wildman–Crippen LogP) is 2.37. The second-order valence-electron chi connectivity index (χ2n) is 5.87. The largest absolute Gasteiger partial charge is 0.352 e. The maximum Gasteiger partial charge on any atom is 0.242 e. The first-order chi connectivity index (χ1) is 11.4. The summed E-state index contributed by atoms with van der Waals surface area (Å²) < 4.78 is 27.5. The van der Waals surface area contributed by atoms with Gasteiger partial charge in [-0.25, -0.2) is 8.42 Å². The smallest absolute Gasteiger partial charge is 0.242 e. The lowest BCUT2D eigenvalue weighted by atomic mass is 10.1. The van der Waals surface area contributed by atoms with Gasteiger partial charge in [0.1, 0.15) is 6.04 Å². The van der Waals surface area contributed by atoms with Crippen LogP contribution >= 0.6 is 0 Å². The van der Waals surface area contributed by atoms with Crippen LogP contribution in [0.3, 0.4) is 0 Å². The van der Waals surface area contributed by atoms with Crippen LogP contribution in [0.4, 0.5) is 0 Å². The van der Waals surface area contributed by atoms with Crippen molar-refractivity contribution in [3.8, 4) is 0 Å². The molecule has 0 fully saturated rings. The lowest BCUT2D eigenvalue weighted by Gasteiger charge is -2.20. The van der Waals surface area contributed by atoms with E-state index in [9.17, 15) is 13.2 Å². The van der Waals surface area contributed by atoms with Crippen molar-refractivity contribution >= 4 is 15.9 Å². The molecular weight excluding hydrogens is 324 g/mol. The minimum atomic E-state index is -3.67. The molecule has 128 valence electrons. The molecule has 0 heterocycles. The molecule has 1 atom stereocenters. The van der Waals surface area contributed by atoms with Crippen LogP contribution in [0.2, 0.25) is 0 Å². The zero-order valence-electron chi connectivity index (χ0n) is 13.8. The molecule has 0 aromatic heterocycles. The molecule has 0 saturated carbocycles. The third-order valence-corrected chi connectivity index (χ3v) is 4.63. The van der Waals surface area contributed by atoms with Crippen LogP contribution < -0.4 is 10.0 Å². The monoisotopic (exact) mass is 346 g/mol. The highest BCUT2D eigenvalue weighted by Gasteiger charge is 2.26. The highest BCUT2D eigenvalue weighted by molar-refractivity contribution is 7.88. The van der Waals surface area contributed by atoms with Gasteiger partial charge in [0, 0.05) is 6.04 Å². The summed E-state index contributed by atoms with van der Waals surface area (Å²) in [5.41, 5.74) is 1.27. The number of amides is 1. The first kappa shape index (κ1) is 18.2. The van der Waals surface area contributed by atoms with Crippen molar-refractivity contribution in [3.63, 3.8) is 0 Å². The Bertz CT molecular complexity index is 759. The number of carbonyl (C=O) groups is 1. The van der Waals surface area contributed by atoms with Gasteiger partial charge in [-0.15, -0.1) is 0 Å². The van der Waals surface area contributed by atoms with E-state index in [1.165, 1.54) is 0 Å². The fraction of sp³-hybridized carbons (Fsp3) is 0.278. The van der Waals surface area contributed by atoms with Crippen LogP contribution in [-0.4, -0.2) is 20.4 Å². The standard InChI is InChI=1S/C18H22N2O3S/c1-14(2)19-18(21)17(16-11-7-4-8-12-16)20-24(22,23)13-15-9-5-3-6-10-15/h3-12,14,17,20H,13H2,1-2H3,(H,19,21)/t17-/m0/s1. The van der Waals surface area contributed by atoms with E-state index in [4.69, 9.17) is 0 Å². The first-order valence-corrected chi connectivity index (χ1v) is 9.42. The summed E-state index contributed by atoms with van der Waals surface area (Å²) >= 11 is 0. The summed E-state index contributed by atoms with van der Waals surface area (Å²) in [6.45, 7) is 3.66. The summed E-state index contributed by atoms with van der Waals surface area (Å²) in [4.78, 5) is 12.4. The van der Waals surface area contributed by atoms with E-state index >= 15 is 0 Å². The molecule has 0 spiro atoms. The summed E-state index contributed by atoms with van der Waals surface area (Å²) in [6, 6.07) is 16.7. The predicted molar refractivity (Wildman–Crippen MR) is 94.7 cm³/mol. The summed E-state index contributed by atoms with van der Waals surface area (Å²) in [5.74, 6) is -0.542. The molecule has 0 aliphatic heterocycles. The maximum absolute atomic E-state index is 12.5. The second-order valence-corrected chi connectivity index (χ2v) is 7.62.